The zero-order chi connectivity index (χ0) is 69.6. The van der Waals surface area contributed by atoms with E-state index in [0.717, 1.165) is 120 Å². The molecule has 0 rings (SSSR count). The standard InChI is InChI=1S/C75H146O17P2/c1-9-67(7)53-45-37-28-24-20-16-12-14-18-22-26-30-42-50-57-74(79)91-70(61-85-72(77)55-47-39-33-31-36-44-52-66(5)6)63-89-93(81,82)87-59-69(76)60-88-94(83,84)90-64-71(62-86-73(78)56-48-40-34-32-38-46-54-68(8)10-2)92-75(80)58-49-41-29-25-21-17-13-11-15-19-23-27-35-43-51-65(3)4/h65-71,76H,9-64H2,1-8H3,(H,81,82)(H,83,84)/t67?,68?,69-,70+,71+/m0/s1. The van der Waals surface area contributed by atoms with Crippen LogP contribution in [0.4, 0.5) is 0 Å². The van der Waals surface area contributed by atoms with Crippen LogP contribution in [0.3, 0.4) is 0 Å². The van der Waals surface area contributed by atoms with E-state index in [1.165, 1.54) is 167 Å². The first-order valence-corrected chi connectivity index (χ1v) is 41.8. The smallest absolute Gasteiger partial charge is 0.462 e. The fraction of sp³-hybridized carbons (Fsp3) is 0.947. The zero-order valence-corrected chi connectivity index (χ0v) is 63.4. The van der Waals surface area contributed by atoms with Crippen LogP contribution in [0.25, 0.3) is 0 Å². The summed E-state index contributed by atoms with van der Waals surface area (Å²) in [6, 6.07) is 0. The first-order chi connectivity index (χ1) is 45.2. The maximum absolute atomic E-state index is 13.0. The molecule has 0 saturated heterocycles. The van der Waals surface area contributed by atoms with Gasteiger partial charge in [-0.15, -0.1) is 0 Å². The van der Waals surface area contributed by atoms with Crippen molar-refractivity contribution in [3.63, 3.8) is 0 Å². The number of unbranched alkanes of at least 4 members (excludes halogenated alkanes) is 36. The third-order valence-corrected chi connectivity index (χ3v) is 19.9. The van der Waals surface area contributed by atoms with Crippen LogP contribution in [0.2, 0.25) is 0 Å². The molecule has 0 saturated carbocycles. The normalized spacial score (nSPS) is 14.7. The van der Waals surface area contributed by atoms with Gasteiger partial charge in [0, 0.05) is 25.7 Å². The van der Waals surface area contributed by atoms with E-state index in [4.69, 9.17) is 37.0 Å². The average molecular weight is 1380 g/mol. The van der Waals surface area contributed by atoms with E-state index in [1.54, 1.807) is 0 Å². The summed E-state index contributed by atoms with van der Waals surface area (Å²) in [6.07, 6.45) is 48.7. The molecule has 0 aromatic heterocycles. The van der Waals surface area contributed by atoms with Gasteiger partial charge in [-0.3, -0.25) is 37.3 Å². The van der Waals surface area contributed by atoms with Crippen molar-refractivity contribution in [1.82, 2.24) is 0 Å². The Labute approximate surface area is 575 Å². The molecule has 0 amide bonds. The maximum Gasteiger partial charge on any atom is 0.472 e. The van der Waals surface area contributed by atoms with Crippen LogP contribution in [-0.2, 0) is 65.4 Å². The van der Waals surface area contributed by atoms with E-state index in [9.17, 15) is 43.2 Å². The molecule has 3 N–H and O–H groups in total. The Morgan fingerprint density at radius 2 is 0.511 bits per heavy atom. The number of hydrogen-bond acceptors (Lipinski definition) is 15. The van der Waals surface area contributed by atoms with Crippen LogP contribution in [0, 0.1) is 23.7 Å². The highest BCUT2D eigenvalue weighted by atomic mass is 31.2. The van der Waals surface area contributed by atoms with Gasteiger partial charge in [0.2, 0.25) is 0 Å². The predicted octanol–water partition coefficient (Wildman–Crippen LogP) is 21.7. The molecule has 0 heterocycles. The van der Waals surface area contributed by atoms with E-state index in [2.05, 4.69) is 55.4 Å². The average Bonchev–Trinajstić information content (AvgIpc) is 2.71. The van der Waals surface area contributed by atoms with Crippen LogP contribution in [0.5, 0.6) is 0 Å². The van der Waals surface area contributed by atoms with Gasteiger partial charge in [-0.2, -0.15) is 0 Å². The van der Waals surface area contributed by atoms with E-state index in [0.29, 0.717) is 31.6 Å². The lowest BCUT2D eigenvalue weighted by molar-refractivity contribution is -0.161. The molecule has 0 spiro atoms. The van der Waals surface area contributed by atoms with Crippen LogP contribution < -0.4 is 0 Å². The summed E-state index contributed by atoms with van der Waals surface area (Å²) in [5, 5.41) is 10.6. The van der Waals surface area contributed by atoms with E-state index in [1.807, 2.05) is 0 Å². The van der Waals surface area contributed by atoms with Crippen molar-refractivity contribution < 1.29 is 80.2 Å². The number of hydrogen-bond donors (Lipinski definition) is 3. The highest BCUT2D eigenvalue weighted by Crippen LogP contribution is 2.45. The summed E-state index contributed by atoms with van der Waals surface area (Å²) >= 11 is 0. The third-order valence-electron chi connectivity index (χ3n) is 18.0. The molecule has 17 nitrogen and oxygen atoms in total. The molecular formula is C75H146O17P2. The van der Waals surface area contributed by atoms with Crippen molar-refractivity contribution in [2.45, 2.75) is 395 Å². The topological polar surface area (TPSA) is 237 Å². The van der Waals surface area contributed by atoms with Crippen molar-refractivity contribution in [3.8, 4) is 0 Å². The molecule has 0 aliphatic rings. The number of carbonyl (C=O) groups excluding carboxylic acids is 4. The minimum absolute atomic E-state index is 0.106. The quantitative estimate of drug-likeness (QED) is 0.0222. The van der Waals surface area contributed by atoms with Gasteiger partial charge >= 0.3 is 39.5 Å². The largest absolute Gasteiger partial charge is 0.472 e. The number of ether oxygens (including phenoxy) is 4. The highest BCUT2D eigenvalue weighted by molar-refractivity contribution is 7.47. The molecule has 558 valence electrons. The Balaban J connectivity index is 5.20. The Bertz CT molecular complexity index is 1850. The van der Waals surface area contributed by atoms with Crippen LogP contribution in [0.15, 0.2) is 0 Å². The Hall–Kier alpha value is -1.94. The molecule has 0 aliphatic carbocycles. The summed E-state index contributed by atoms with van der Waals surface area (Å²) in [5.41, 5.74) is 0. The Morgan fingerprint density at radius 3 is 0.755 bits per heavy atom. The summed E-state index contributed by atoms with van der Waals surface area (Å²) in [6.45, 7) is 14.1. The minimum atomic E-state index is -4.96. The fourth-order valence-corrected chi connectivity index (χ4v) is 12.9. The molecule has 0 aromatic carbocycles. The van der Waals surface area contributed by atoms with Gasteiger partial charge in [0.05, 0.1) is 26.4 Å². The molecule has 0 fully saturated rings. The summed E-state index contributed by atoms with van der Waals surface area (Å²) in [7, 11) is -9.91. The van der Waals surface area contributed by atoms with Gasteiger partial charge in [0.25, 0.3) is 0 Å². The van der Waals surface area contributed by atoms with Gasteiger partial charge in [0.15, 0.2) is 12.2 Å². The Kier molecular flexibility index (Phi) is 63.1. The van der Waals surface area contributed by atoms with E-state index >= 15 is 0 Å². The summed E-state index contributed by atoms with van der Waals surface area (Å²) in [4.78, 5) is 72.7. The molecule has 4 unspecified atom stereocenters. The molecule has 0 aliphatic heterocycles. The predicted molar refractivity (Wildman–Crippen MR) is 381 cm³/mol. The summed E-state index contributed by atoms with van der Waals surface area (Å²) in [5.74, 6) is 0.926. The number of aliphatic hydroxyl groups is 1. The van der Waals surface area contributed by atoms with Crippen molar-refractivity contribution >= 4 is 39.5 Å². The van der Waals surface area contributed by atoms with E-state index in [-0.39, 0.29) is 25.7 Å². The van der Waals surface area contributed by atoms with Gasteiger partial charge < -0.3 is 33.8 Å². The molecule has 0 bridgehead atoms. The lowest BCUT2D eigenvalue weighted by atomic mass is 9.99. The number of phosphoric ester groups is 2. The first kappa shape index (κ1) is 92.1. The fourth-order valence-electron chi connectivity index (χ4n) is 11.3. The number of esters is 4. The van der Waals surface area contributed by atoms with Crippen molar-refractivity contribution in [1.29, 1.82) is 0 Å². The van der Waals surface area contributed by atoms with Crippen molar-refractivity contribution in [2.24, 2.45) is 23.7 Å². The van der Waals surface area contributed by atoms with E-state index < -0.39 is 97.5 Å². The first-order valence-electron chi connectivity index (χ1n) is 38.8. The molecule has 94 heavy (non-hydrogen) atoms. The second-order valence-electron chi connectivity index (χ2n) is 28.5. The molecule has 19 heteroatoms. The second-order valence-corrected chi connectivity index (χ2v) is 31.4. The lowest BCUT2D eigenvalue weighted by Crippen LogP contribution is -2.30. The van der Waals surface area contributed by atoms with Gasteiger partial charge in [-0.25, -0.2) is 9.13 Å². The SMILES string of the molecule is CCC(C)CCCCCCCCCCCCCCCCC(=O)O[C@H](COC(=O)CCCCCCCCC(C)C)COP(=O)(O)OC[C@H](O)COP(=O)(O)OC[C@@H](COC(=O)CCCCCCCCC(C)CC)OC(=O)CCCCCCCCCCCCCCCCC(C)C. The van der Waals surface area contributed by atoms with Gasteiger partial charge in [0.1, 0.15) is 19.3 Å². The minimum Gasteiger partial charge on any atom is -0.462 e. The second kappa shape index (κ2) is 64.4. The number of rotatable bonds is 72. The summed E-state index contributed by atoms with van der Waals surface area (Å²) < 4.78 is 68.4. The lowest BCUT2D eigenvalue weighted by Gasteiger charge is -2.21. The maximum atomic E-state index is 13.0. The van der Waals surface area contributed by atoms with Crippen LogP contribution >= 0.6 is 15.6 Å². The highest BCUT2D eigenvalue weighted by Gasteiger charge is 2.30. The zero-order valence-electron chi connectivity index (χ0n) is 61.6. The van der Waals surface area contributed by atoms with Crippen molar-refractivity contribution in [2.75, 3.05) is 39.6 Å². The third kappa shape index (κ3) is 66.0. The number of carbonyl (C=O) groups is 4. The van der Waals surface area contributed by atoms with Gasteiger partial charge in [-0.1, -0.05) is 325 Å². The van der Waals surface area contributed by atoms with Crippen LogP contribution in [-0.4, -0.2) is 96.7 Å². The van der Waals surface area contributed by atoms with Gasteiger partial charge in [-0.05, 0) is 49.4 Å². The van der Waals surface area contributed by atoms with Crippen LogP contribution in [0.1, 0.15) is 376 Å². The van der Waals surface area contributed by atoms with Crippen molar-refractivity contribution in [3.05, 3.63) is 0 Å². The number of aliphatic hydroxyl groups excluding tert-OH is 1. The molecule has 0 radical (unpaired) electrons. The monoisotopic (exact) mass is 1380 g/mol. The molecule has 0 aromatic rings. The Morgan fingerprint density at radius 1 is 0.298 bits per heavy atom. The molecular weight excluding hydrogens is 1230 g/mol. The molecule has 7 atom stereocenters. The number of phosphoric acid groups is 2.